The molecule has 1 atom stereocenters. The molecule has 0 bridgehead atoms. The van der Waals surface area contributed by atoms with Gasteiger partial charge in [-0.25, -0.2) is 4.98 Å². The monoisotopic (exact) mass is 407 g/mol. The van der Waals surface area contributed by atoms with Crippen molar-refractivity contribution in [1.29, 1.82) is 0 Å². The SMILES string of the molecule is Cc1nc(C(=O)NCC(c2ccccc2)N2CCOCC2)c(-c2ccccc2)s1. The van der Waals surface area contributed by atoms with Crippen molar-refractivity contribution >= 4 is 17.2 Å². The van der Waals surface area contributed by atoms with Gasteiger partial charge in [-0.3, -0.25) is 9.69 Å². The van der Waals surface area contributed by atoms with Gasteiger partial charge in [0.1, 0.15) is 5.69 Å². The molecule has 1 N–H and O–H groups in total. The molecule has 4 rings (SSSR count). The van der Waals surface area contributed by atoms with Gasteiger partial charge in [0.25, 0.3) is 5.91 Å². The molecule has 1 saturated heterocycles. The predicted octanol–water partition coefficient (Wildman–Crippen LogP) is 3.92. The van der Waals surface area contributed by atoms with E-state index in [9.17, 15) is 4.79 Å². The molecule has 0 spiro atoms. The first-order valence-electron chi connectivity index (χ1n) is 9.90. The summed E-state index contributed by atoms with van der Waals surface area (Å²) in [6, 6.07) is 20.4. The molecule has 150 valence electrons. The fourth-order valence-electron chi connectivity index (χ4n) is 3.66. The summed E-state index contributed by atoms with van der Waals surface area (Å²) >= 11 is 1.56. The van der Waals surface area contributed by atoms with E-state index in [2.05, 4.69) is 27.3 Å². The first-order chi connectivity index (χ1) is 14.2. The maximum atomic E-state index is 13.1. The number of carbonyl (C=O) groups excluding carboxylic acids is 1. The van der Waals surface area contributed by atoms with Gasteiger partial charge in [-0.15, -0.1) is 11.3 Å². The van der Waals surface area contributed by atoms with Crippen molar-refractivity contribution in [2.75, 3.05) is 32.8 Å². The number of thiazole rings is 1. The molecule has 1 aromatic heterocycles. The lowest BCUT2D eigenvalue weighted by Gasteiger charge is -2.34. The summed E-state index contributed by atoms with van der Waals surface area (Å²) in [6.07, 6.45) is 0. The number of hydrogen-bond acceptors (Lipinski definition) is 5. The Bertz CT molecular complexity index is 937. The van der Waals surface area contributed by atoms with Crippen LogP contribution < -0.4 is 5.32 Å². The van der Waals surface area contributed by atoms with E-state index in [1.165, 1.54) is 5.56 Å². The molecule has 1 amide bonds. The highest BCUT2D eigenvalue weighted by Gasteiger charge is 2.25. The fourth-order valence-corrected chi connectivity index (χ4v) is 4.58. The normalized spacial score (nSPS) is 15.8. The molecular weight excluding hydrogens is 382 g/mol. The third-order valence-corrected chi connectivity index (χ3v) is 6.13. The summed E-state index contributed by atoms with van der Waals surface area (Å²) in [5.41, 5.74) is 2.73. The number of ether oxygens (including phenoxy) is 1. The van der Waals surface area contributed by atoms with Crippen molar-refractivity contribution in [2.45, 2.75) is 13.0 Å². The van der Waals surface area contributed by atoms with Crippen LogP contribution in [0.3, 0.4) is 0 Å². The molecule has 1 aliphatic heterocycles. The van der Waals surface area contributed by atoms with Crippen molar-refractivity contribution in [3.05, 3.63) is 76.9 Å². The summed E-state index contributed by atoms with van der Waals surface area (Å²) in [7, 11) is 0. The van der Waals surface area contributed by atoms with Gasteiger partial charge < -0.3 is 10.1 Å². The summed E-state index contributed by atoms with van der Waals surface area (Å²) in [4.78, 5) is 20.9. The summed E-state index contributed by atoms with van der Waals surface area (Å²) in [5, 5.41) is 4.03. The molecule has 0 saturated carbocycles. The molecule has 2 aromatic carbocycles. The zero-order valence-electron chi connectivity index (χ0n) is 16.5. The second-order valence-electron chi connectivity index (χ2n) is 7.06. The zero-order chi connectivity index (χ0) is 20.1. The minimum atomic E-state index is -0.123. The average molecular weight is 408 g/mol. The minimum absolute atomic E-state index is 0.115. The largest absolute Gasteiger partial charge is 0.379 e. The van der Waals surface area contributed by atoms with E-state index in [0.717, 1.165) is 41.8 Å². The third kappa shape index (κ3) is 4.72. The van der Waals surface area contributed by atoms with Crippen LogP contribution in [0.5, 0.6) is 0 Å². The second-order valence-corrected chi connectivity index (χ2v) is 8.26. The van der Waals surface area contributed by atoms with Crippen molar-refractivity contribution in [3.8, 4) is 10.4 Å². The Hall–Kier alpha value is -2.54. The number of hydrogen-bond donors (Lipinski definition) is 1. The zero-order valence-corrected chi connectivity index (χ0v) is 17.3. The van der Waals surface area contributed by atoms with Crippen LogP contribution in [-0.2, 0) is 4.74 Å². The number of nitrogens with one attached hydrogen (secondary N) is 1. The fraction of sp³-hybridized carbons (Fsp3) is 0.304. The Morgan fingerprint density at radius 2 is 1.76 bits per heavy atom. The van der Waals surface area contributed by atoms with Gasteiger partial charge in [0, 0.05) is 19.6 Å². The standard InChI is InChI=1S/C23H25N3O2S/c1-17-25-21(22(29-17)19-10-6-3-7-11-19)23(27)24-16-20(18-8-4-2-5-9-18)26-12-14-28-15-13-26/h2-11,20H,12-16H2,1H3,(H,24,27). The first kappa shape index (κ1) is 19.8. The number of carbonyl (C=O) groups is 1. The van der Waals surface area contributed by atoms with Crippen molar-refractivity contribution in [2.24, 2.45) is 0 Å². The molecule has 6 heteroatoms. The van der Waals surface area contributed by atoms with Gasteiger partial charge in [-0.1, -0.05) is 60.7 Å². The van der Waals surface area contributed by atoms with E-state index in [1.54, 1.807) is 11.3 Å². The highest BCUT2D eigenvalue weighted by molar-refractivity contribution is 7.15. The number of rotatable bonds is 6. The lowest BCUT2D eigenvalue weighted by atomic mass is 10.0. The van der Waals surface area contributed by atoms with Crippen LogP contribution in [0.4, 0.5) is 0 Å². The maximum absolute atomic E-state index is 13.1. The molecule has 0 aliphatic carbocycles. The molecule has 5 nitrogen and oxygen atoms in total. The van der Waals surface area contributed by atoms with E-state index >= 15 is 0 Å². The van der Waals surface area contributed by atoms with Crippen LogP contribution >= 0.6 is 11.3 Å². The molecule has 1 aliphatic rings. The van der Waals surface area contributed by atoms with Gasteiger partial charge in [0.2, 0.25) is 0 Å². The molecule has 0 radical (unpaired) electrons. The lowest BCUT2D eigenvalue weighted by Crippen LogP contribution is -2.43. The summed E-state index contributed by atoms with van der Waals surface area (Å²) < 4.78 is 5.51. The van der Waals surface area contributed by atoms with Gasteiger partial charge in [-0.05, 0) is 18.1 Å². The molecule has 1 fully saturated rings. The number of benzene rings is 2. The molecular formula is C23H25N3O2S. The van der Waals surface area contributed by atoms with E-state index in [-0.39, 0.29) is 11.9 Å². The Morgan fingerprint density at radius 3 is 2.45 bits per heavy atom. The lowest BCUT2D eigenvalue weighted by molar-refractivity contribution is 0.0162. The Labute approximate surface area is 175 Å². The van der Waals surface area contributed by atoms with Crippen molar-refractivity contribution in [1.82, 2.24) is 15.2 Å². The number of morpholine rings is 1. The summed E-state index contributed by atoms with van der Waals surface area (Å²) in [5.74, 6) is -0.123. The van der Waals surface area contributed by atoms with Gasteiger partial charge in [-0.2, -0.15) is 0 Å². The van der Waals surface area contributed by atoms with Gasteiger partial charge in [0.05, 0.1) is 29.1 Å². The van der Waals surface area contributed by atoms with Gasteiger partial charge >= 0.3 is 0 Å². The topological polar surface area (TPSA) is 54.5 Å². The molecule has 2 heterocycles. The first-order valence-corrected chi connectivity index (χ1v) is 10.7. The number of aryl methyl sites for hydroxylation is 1. The van der Waals surface area contributed by atoms with Crippen LogP contribution in [0.1, 0.15) is 27.1 Å². The minimum Gasteiger partial charge on any atom is -0.379 e. The molecule has 29 heavy (non-hydrogen) atoms. The maximum Gasteiger partial charge on any atom is 0.271 e. The van der Waals surface area contributed by atoms with E-state index in [4.69, 9.17) is 4.74 Å². The summed E-state index contributed by atoms with van der Waals surface area (Å²) in [6.45, 7) is 5.64. The third-order valence-electron chi connectivity index (χ3n) is 5.11. The van der Waals surface area contributed by atoms with Crippen LogP contribution in [-0.4, -0.2) is 48.6 Å². The van der Waals surface area contributed by atoms with Crippen LogP contribution in [0, 0.1) is 6.92 Å². The smallest absolute Gasteiger partial charge is 0.271 e. The average Bonchev–Trinajstić information content (AvgIpc) is 3.18. The van der Waals surface area contributed by atoms with E-state index in [1.807, 2.05) is 55.5 Å². The number of nitrogens with zero attached hydrogens (tertiary/aromatic N) is 2. The van der Waals surface area contributed by atoms with E-state index in [0.29, 0.717) is 12.2 Å². The number of amides is 1. The van der Waals surface area contributed by atoms with E-state index < -0.39 is 0 Å². The second kappa shape index (κ2) is 9.31. The van der Waals surface area contributed by atoms with Crippen LogP contribution in [0.25, 0.3) is 10.4 Å². The van der Waals surface area contributed by atoms with Gasteiger partial charge in [0.15, 0.2) is 0 Å². The highest BCUT2D eigenvalue weighted by atomic mass is 32.1. The Balaban J connectivity index is 1.53. The Kier molecular flexibility index (Phi) is 6.34. The van der Waals surface area contributed by atoms with Crippen LogP contribution in [0.2, 0.25) is 0 Å². The molecule has 1 unspecified atom stereocenters. The number of aromatic nitrogens is 1. The van der Waals surface area contributed by atoms with Crippen molar-refractivity contribution < 1.29 is 9.53 Å². The Morgan fingerprint density at radius 1 is 1.10 bits per heavy atom. The highest BCUT2D eigenvalue weighted by Crippen LogP contribution is 2.30. The quantitative estimate of drug-likeness (QED) is 0.673. The predicted molar refractivity (Wildman–Crippen MR) is 116 cm³/mol. The van der Waals surface area contributed by atoms with Crippen LogP contribution in [0.15, 0.2) is 60.7 Å². The molecule has 3 aromatic rings. The van der Waals surface area contributed by atoms with Crippen molar-refractivity contribution in [3.63, 3.8) is 0 Å².